The van der Waals surface area contributed by atoms with Crippen molar-refractivity contribution in [1.82, 2.24) is 0 Å². The number of rotatable bonds is 4. The van der Waals surface area contributed by atoms with Crippen LogP contribution in [0.1, 0.15) is 17.6 Å². The van der Waals surface area contributed by atoms with Gasteiger partial charge in [0, 0.05) is 17.5 Å². The second-order valence-corrected chi connectivity index (χ2v) is 3.60. The van der Waals surface area contributed by atoms with Gasteiger partial charge in [-0.3, -0.25) is 4.79 Å². The lowest BCUT2D eigenvalue weighted by molar-refractivity contribution is -0.115. The number of phenolic OH excluding ortho intramolecular Hbond substituents is 1. The summed E-state index contributed by atoms with van der Waals surface area (Å²) in [4.78, 5) is 11.1. The molecule has 0 aliphatic heterocycles. The Kier molecular flexibility index (Phi) is 4.20. The number of Topliss-reactive ketones (excluding diaryl/α,β-unsaturated/α-hetero) is 1. The molecule has 0 amide bonds. The average molecular weight is 279 g/mol. The van der Waals surface area contributed by atoms with E-state index in [-0.39, 0.29) is 34.4 Å². The van der Waals surface area contributed by atoms with Crippen LogP contribution in [-0.2, 0) is 11.2 Å². The van der Waals surface area contributed by atoms with E-state index >= 15 is 0 Å². The zero-order valence-corrected chi connectivity index (χ0v) is 9.30. The second kappa shape index (κ2) is 5.21. The smallest absolute Gasteiger partial charge is 0.263 e. The molecule has 1 rings (SSSR count). The summed E-state index contributed by atoms with van der Waals surface area (Å²) >= 11 is 2.96. The van der Waals surface area contributed by atoms with Gasteiger partial charge in [0.25, 0.3) is 6.43 Å². The third kappa shape index (κ3) is 3.27. The summed E-state index contributed by atoms with van der Waals surface area (Å²) < 4.78 is 24.6. The quantitative estimate of drug-likeness (QED) is 0.860. The van der Waals surface area contributed by atoms with Gasteiger partial charge in [0.05, 0.1) is 5.33 Å². The Morgan fingerprint density at radius 3 is 2.67 bits per heavy atom. The Morgan fingerprint density at radius 1 is 1.47 bits per heavy atom. The van der Waals surface area contributed by atoms with E-state index in [2.05, 4.69) is 15.9 Å². The number of carbonyl (C=O) groups is 1. The Hall–Kier alpha value is -0.970. The second-order valence-electron chi connectivity index (χ2n) is 3.04. The first kappa shape index (κ1) is 12.1. The number of carbonyl (C=O) groups excluding carboxylic acids is 1. The number of ketones is 1. The number of halogens is 3. The highest BCUT2D eigenvalue weighted by atomic mass is 79.9. The lowest BCUT2D eigenvalue weighted by Crippen LogP contribution is -2.04. The van der Waals surface area contributed by atoms with E-state index in [1.165, 1.54) is 6.07 Å². The van der Waals surface area contributed by atoms with Crippen molar-refractivity contribution in [3.8, 4) is 5.75 Å². The zero-order valence-electron chi connectivity index (χ0n) is 7.71. The average Bonchev–Trinajstić information content (AvgIpc) is 2.20. The van der Waals surface area contributed by atoms with Gasteiger partial charge in [-0.05, 0) is 18.2 Å². The van der Waals surface area contributed by atoms with Crippen molar-refractivity contribution in [2.45, 2.75) is 12.8 Å². The van der Waals surface area contributed by atoms with Crippen molar-refractivity contribution in [3.05, 3.63) is 29.3 Å². The minimum Gasteiger partial charge on any atom is -0.508 e. The maximum atomic E-state index is 12.3. The van der Waals surface area contributed by atoms with Gasteiger partial charge in [-0.15, -0.1) is 0 Å². The van der Waals surface area contributed by atoms with E-state index < -0.39 is 6.43 Å². The van der Waals surface area contributed by atoms with Gasteiger partial charge in [0.2, 0.25) is 0 Å². The fraction of sp³-hybridized carbons (Fsp3) is 0.300. The maximum absolute atomic E-state index is 12.3. The van der Waals surface area contributed by atoms with E-state index in [4.69, 9.17) is 0 Å². The van der Waals surface area contributed by atoms with E-state index in [9.17, 15) is 18.7 Å². The summed E-state index contributed by atoms with van der Waals surface area (Å²) in [5, 5.41) is 9.49. The fourth-order valence-corrected chi connectivity index (χ4v) is 1.34. The van der Waals surface area contributed by atoms with Crippen LogP contribution >= 0.6 is 15.9 Å². The number of phenols is 1. The number of hydrogen-bond donors (Lipinski definition) is 1. The minimum atomic E-state index is -2.59. The van der Waals surface area contributed by atoms with Crippen LogP contribution in [-0.4, -0.2) is 16.2 Å². The molecule has 0 saturated carbocycles. The Labute approximate surface area is 94.0 Å². The first-order chi connectivity index (χ1) is 7.04. The summed E-state index contributed by atoms with van der Waals surface area (Å²) in [5.74, 6) is -0.301. The predicted molar refractivity (Wildman–Crippen MR) is 55.6 cm³/mol. The molecule has 15 heavy (non-hydrogen) atoms. The standard InChI is InChI=1S/C10H9BrF2O2/c11-5-8(14)4-7-3-6(10(12)13)1-2-9(7)15/h1-3,10,15H,4-5H2. The predicted octanol–water partition coefficient (Wildman–Crippen LogP) is 2.84. The molecule has 5 heteroatoms. The molecular weight excluding hydrogens is 270 g/mol. The van der Waals surface area contributed by atoms with Crippen molar-refractivity contribution in [2.24, 2.45) is 0 Å². The summed E-state index contributed by atoms with van der Waals surface area (Å²) in [5.41, 5.74) is 0.0439. The number of hydrogen-bond acceptors (Lipinski definition) is 2. The molecule has 0 bridgehead atoms. The monoisotopic (exact) mass is 278 g/mol. The first-order valence-corrected chi connectivity index (χ1v) is 5.34. The Morgan fingerprint density at radius 2 is 2.13 bits per heavy atom. The highest BCUT2D eigenvalue weighted by molar-refractivity contribution is 9.09. The van der Waals surface area contributed by atoms with E-state index in [0.717, 1.165) is 12.1 Å². The number of benzene rings is 1. The van der Waals surface area contributed by atoms with E-state index in [1.807, 2.05) is 0 Å². The zero-order chi connectivity index (χ0) is 11.4. The maximum Gasteiger partial charge on any atom is 0.263 e. The molecule has 0 unspecified atom stereocenters. The lowest BCUT2D eigenvalue weighted by atomic mass is 10.1. The van der Waals surface area contributed by atoms with Gasteiger partial charge in [-0.1, -0.05) is 15.9 Å². The number of aromatic hydroxyl groups is 1. The van der Waals surface area contributed by atoms with Crippen LogP contribution in [0.3, 0.4) is 0 Å². The lowest BCUT2D eigenvalue weighted by Gasteiger charge is -2.06. The third-order valence-corrected chi connectivity index (χ3v) is 2.52. The molecule has 1 N–H and O–H groups in total. The Bertz CT molecular complexity index is 366. The largest absolute Gasteiger partial charge is 0.508 e. The summed E-state index contributed by atoms with van der Waals surface area (Å²) in [7, 11) is 0. The van der Waals surface area contributed by atoms with Gasteiger partial charge in [0.1, 0.15) is 11.5 Å². The normalized spacial score (nSPS) is 10.7. The van der Waals surface area contributed by atoms with E-state index in [1.54, 1.807) is 0 Å². The fourth-order valence-electron chi connectivity index (χ4n) is 1.14. The molecule has 0 aromatic heterocycles. The molecule has 0 aliphatic carbocycles. The first-order valence-electron chi connectivity index (χ1n) is 4.22. The molecule has 0 spiro atoms. The van der Waals surface area contributed by atoms with Crippen LogP contribution in [0.4, 0.5) is 8.78 Å². The minimum absolute atomic E-state index is 0.0440. The molecule has 0 fully saturated rings. The summed E-state index contributed by atoms with van der Waals surface area (Å²) in [6.07, 6.45) is -2.64. The Balaban J connectivity index is 2.95. The van der Waals surface area contributed by atoms with Crippen LogP contribution < -0.4 is 0 Å². The summed E-state index contributed by atoms with van der Waals surface area (Å²) in [6, 6.07) is 3.47. The molecule has 0 radical (unpaired) electrons. The van der Waals surface area contributed by atoms with Crippen molar-refractivity contribution in [2.75, 3.05) is 5.33 Å². The molecule has 0 aliphatic rings. The van der Waals surface area contributed by atoms with E-state index in [0.29, 0.717) is 0 Å². The molecule has 0 saturated heterocycles. The van der Waals surface area contributed by atoms with Gasteiger partial charge in [-0.2, -0.15) is 0 Å². The van der Waals surface area contributed by atoms with Gasteiger partial charge in [-0.25, -0.2) is 8.78 Å². The SMILES string of the molecule is O=C(CBr)Cc1cc(C(F)F)ccc1O. The van der Waals surface area contributed by atoms with Gasteiger partial charge >= 0.3 is 0 Å². The highest BCUT2D eigenvalue weighted by Gasteiger charge is 2.12. The van der Waals surface area contributed by atoms with Gasteiger partial charge in [0.15, 0.2) is 0 Å². The molecule has 82 valence electrons. The topological polar surface area (TPSA) is 37.3 Å². The molecule has 2 nitrogen and oxygen atoms in total. The van der Waals surface area contributed by atoms with Crippen molar-refractivity contribution in [1.29, 1.82) is 0 Å². The van der Waals surface area contributed by atoms with Crippen molar-refractivity contribution < 1.29 is 18.7 Å². The van der Waals surface area contributed by atoms with Crippen molar-refractivity contribution >= 4 is 21.7 Å². The van der Waals surface area contributed by atoms with Crippen LogP contribution in [0.2, 0.25) is 0 Å². The highest BCUT2D eigenvalue weighted by Crippen LogP contribution is 2.25. The molecule has 0 atom stereocenters. The number of alkyl halides is 3. The molecule has 1 aromatic rings. The van der Waals surface area contributed by atoms with Crippen LogP contribution in [0.15, 0.2) is 18.2 Å². The molecule has 0 heterocycles. The van der Waals surface area contributed by atoms with Gasteiger partial charge < -0.3 is 5.11 Å². The van der Waals surface area contributed by atoms with Crippen LogP contribution in [0.25, 0.3) is 0 Å². The third-order valence-electron chi connectivity index (χ3n) is 1.89. The van der Waals surface area contributed by atoms with Crippen molar-refractivity contribution in [3.63, 3.8) is 0 Å². The van der Waals surface area contributed by atoms with Crippen LogP contribution in [0.5, 0.6) is 5.75 Å². The van der Waals surface area contributed by atoms with Crippen LogP contribution in [0, 0.1) is 0 Å². The summed E-state index contributed by atoms with van der Waals surface area (Å²) in [6.45, 7) is 0. The molecule has 1 aromatic carbocycles. The molecular formula is C10H9BrF2O2.